The van der Waals surface area contributed by atoms with E-state index in [1.165, 1.54) is 0 Å². The van der Waals surface area contributed by atoms with Gasteiger partial charge in [0.25, 0.3) is 0 Å². The minimum atomic E-state index is 0.0326. The predicted octanol–water partition coefficient (Wildman–Crippen LogP) is 4.21. The Morgan fingerprint density at radius 3 is 2.48 bits per heavy atom. The molecule has 2 aromatic rings. The number of hydrogen-bond donors (Lipinski definition) is 0. The molecule has 4 rings (SSSR count). The van der Waals surface area contributed by atoms with E-state index in [2.05, 4.69) is 28.9 Å². The standard InChI is InChI=1S/C19H20N2O2/c1-4-21(14-9-7-6-8-10-14)13(3)20-16-12-11-15-18(22)17(16)19(15)23-5-2/h6-12H,4-5H2,1-3H3. The summed E-state index contributed by atoms with van der Waals surface area (Å²) in [5.74, 6) is 1.57. The Hall–Kier alpha value is -2.62. The van der Waals surface area contributed by atoms with Crippen LogP contribution in [0.2, 0.25) is 0 Å². The van der Waals surface area contributed by atoms with Gasteiger partial charge in [0, 0.05) is 12.2 Å². The van der Waals surface area contributed by atoms with Crippen molar-refractivity contribution in [2.24, 2.45) is 4.99 Å². The first-order chi connectivity index (χ1) is 11.2. The summed E-state index contributed by atoms with van der Waals surface area (Å²) < 4.78 is 5.57. The molecule has 0 radical (unpaired) electrons. The molecule has 0 atom stereocenters. The van der Waals surface area contributed by atoms with Crippen LogP contribution in [0, 0.1) is 0 Å². The van der Waals surface area contributed by atoms with Crippen molar-refractivity contribution in [1.82, 2.24) is 0 Å². The Kier molecular flexibility index (Phi) is 4.15. The van der Waals surface area contributed by atoms with Gasteiger partial charge >= 0.3 is 0 Å². The maximum atomic E-state index is 12.1. The summed E-state index contributed by atoms with van der Waals surface area (Å²) in [5.41, 5.74) is 3.03. The molecule has 0 aliphatic heterocycles. The van der Waals surface area contributed by atoms with Gasteiger partial charge in [-0.25, -0.2) is 4.99 Å². The summed E-state index contributed by atoms with van der Waals surface area (Å²) >= 11 is 0. The van der Waals surface area contributed by atoms with Gasteiger partial charge in [-0.2, -0.15) is 0 Å². The highest BCUT2D eigenvalue weighted by atomic mass is 16.5. The number of amidine groups is 1. The largest absolute Gasteiger partial charge is 0.492 e. The monoisotopic (exact) mass is 308 g/mol. The maximum Gasteiger partial charge on any atom is 0.202 e. The highest BCUT2D eigenvalue weighted by molar-refractivity contribution is 6.24. The van der Waals surface area contributed by atoms with Crippen molar-refractivity contribution in [3.63, 3.8) is 0 Å². The lowest BCUT2D eigenvalue weighted by Gasteiger charge is -2.25. The normalized spacial score (nSPS) is 12.8. The molecule has 2 aliphatic carbocycles. The number of hydrogen-bond acceptors (Lipinski definition) is 3. The number of fused-ring (bicyclic) bond motifs is 2. The van der Waals surface area contributed by atoms with E-state index in [0.717, 1.165) is 18.1 Å². The van der Waals surface area contributed by atoms with Crippen LogP contribution >= 0.6 is 0 Å². The molecule has 118 valence electrons. The number of ether oxygens (including phenoxy) is 1. The zero-order valence-electron chi connectivity index (χ0n) is 13.7. The fraction of sp³-hybridized carbons (Fsp3) is 0.263. The molecular formula is C19H20N2O2. The van der Waals surface area contributed by atoms with Crippen LogP contribution in [-0.2, 0) is 0 Å². The zero-order chi connectivity index (χ0) is 16.4. The Balaban J connectivity index is 1.96. The summed E-state index contributed by atoms with van der Waals surface area (Å²) in [5, 5.41) is 0. The van der Waals surface area contributed by atoms with Gasteiger partial charge in [-0.05, 0) is 45.0 Å². The summed E-state index contributed by atoms with van der Waals surface area (Å²) in [7, 11) is 0. The average molecular weight is 308 g/mol. The first kappa shape index (κ1) is 15.3. The molecular weight excluding hydrogens is 288 g/mol. The molecule has 0 fully saturated rings. The highest BCUT2D eigenvalue weighted by Crippen LogP contribution is 2.43. The van der Waals surface area contributed by atoms with Crippen LogP contribution < -0.4 is 9.64 Å². The number of para-hydroxylation sites is 1. The Labute approximate surface area is 136 Å². The second-order valence-corrected chi connectivity index (χ2v) is 5.34. The van der Waals surface area contributed by atoms with Crippen molar-refractivity contribution in [2.45, 2.75) is 20.8 Å². The first-order valence-corrected chi connectivity index (χ1v) is 7.89. The van der Waals surface area contributed by atoms with Crippen LogP contribution in [0.5, 0.6) is 5.75 Å². The maximum absolute atomic E-state index is 12.1. The number of carbonyl (C=O) groups excluding carboxylic acids is 1. The highest BCUT2D eigenvalue weighted by Gasteiger charge is 2.34. The molecule has 0 unspecified atom stereocenters. The number of nitrogens with zero attached hydrogens (tertiary/aromatic N) is 2. The molecule has 0 spiro atoms. The number of ketones is 1. The molecule has 0 N–H and O–H groups in total. The molecule has 0 saturated heterocycles. The number of benzene rings is 2. The third kappa shape index (κ3) is 2.61. The van der Waals surface area contributed by atoms with Crippen molar-refractivity contribution in [3.8, 4) is 5.75 Å². The number of carbonyl (C=O) groups is 1. The van der Waals surface area contributed by atoms with Crippen LogP contribution in [0.3, 0.4) is 0 Å². The topological polar surface area (TPSA) is 41.9 Å². The number of aliphatic imine (C=N–C) groups is 1. The number of anilines is 1. The third-order valence-corrected chi connectivity index (χ3v) is 3.95. The van der Waals surface area contributed by atoms with Crippen molar-refractivity contribution < 1.29 is 9.53 Å². The lowest BCUT2D eigenvalue weighted by Crippen LogP contribution is -2.28. The van der Waals surface area contributed by atoms with E-state index in [1.54, 1.807) is 6.07 Å². The van der Waals surface area contributed by atoms with E-state index in [0.29, 0.717) is 29.2 Å². The van der Waals surface area contributed by atoms with E-state index in [9.17, 15) is 4.79 Å². The smallest absolute Gasteiger partial charge is 0.202 e. The van der Waals surface area contributed by atoms with Crippen molar-refractivity contribution in [3.05, 3.63) is 53.6 Å². The lowest BCUT2D eigenvalue weighted by molar-refractivity contribution is 0.101. The molecule has 0 amide bonds. The van der Waals surface area contributed by atoms with E-state index in [4.69, 9.17) is 4.74 Å². The molecule has 0 aromatic heterocycles. The fourth-order valence-electron chi connectivity index (χ4n) is 2.87. The van der Waals surface area contributed by atoms with E-state index < -0.39 is 0 Å². The van der Waals surface area contributed by atoms with Gasteiger partial charge in [0.1, 0.15) is 11.6 Å². The Morgan fingerprint density at radius 2 is 1.87 bits per heavy atom. The van der Waals surface area contributed by atoms with Crippen LogP contribution in [0.4, 0.5) is 11.4 Å². The van der Waals surface area contributed by atoms with E-state index >= 15 is 0 Å². The second kappa shape index (κ2) is 6.24. The molecule has 2 aliphatic rings. The minimum Gasteiger partial charge on any atom is -0.492 e. The lowest BCUT2D eigenvalue weighted by atomic mass is 9.87. The van der Waals surface area contributed by atoms with Crippen LogP contribution in [-0.4, -0.2) is 24.8 Å². The van der Waals surface area contributed by atoms with Gasteiger partial charge in [0.15, 0.2) is 0 Å². The van der Waals surface area contributed by atoms with Crippen molar-refractivity contribution >= 4 is 23.0 Å². The van der Waals surface area contributed by atoms with Gasteiger partial charge < -0.3 is 9.64 Å². The van der Waals surface area contributed by atoms with E-state index in [1.807, 2.05) is 38.1 Å². The molecule has 0 heterocycles. The quantitative estimate of drug-likeness (QED) is 0.524. The number of rotatable bonds is 5. The van der Waals surface area contributed by atoms with Crippen LogP contribution in [0.15, 0.2) is 47.5 Å². The minimum absolute atomic E-state index is 0.0326. The van der Waals surface area contributed by atoms with Crippen LogP contribution in [0.1, 0.15) is 36.7 Å². The SMILES string of the molecule is CCOc1c2ccc(N=C(C)N(CC)c3ccccc3)c1C2=O. The summed E-state index contributed by atoms with van der Waals surface area (Å²) in [4.78, 5) is 18.9. The van der Waals surface area contributed by atoms with Crippen molar-refractivity contribution in [2.75, 3.05) is 18.1 Å². The summed E-state index contributed by atoms with van der Waals surface area (Å²) in [6.45, 7) is 7.31. The van der Waals surface area contributed by atoms with Gasteiger partial charge in [0.2, 0.25) is 5.78 Å². The predicted molar refractivity (Wildman–Crippen MR) is 93.3 cm³/mol. The average Bonchev–Trinajstić information content (AvgIpc) is 2.57. The van der Waals surface area contributed by atoms with Gasteiger partial charge in [-0.15, -0.1) is 0 Å². The first-order valence-electron chi connectivity index (χ1n) is 7.89. The Morgan fingerprint density at radius 1 is 1.13 bits per heavy atom. The second-order valence-electron chi connectivity index (χ2n) is 5.34. The van der Waals surface area contributed by atoms with Gasteiger partial charge in [-0.3, -0.25) is 4.79 Å². The molecule has 4 nitrogen and oxygen atoms in total. The molecule has 23 heavy (non-hydrogen) atoms. The molecule has 0 saturated carbocycles. The Bertz CT molecular complexity index is 766. The molecule has 2 bridgehead atoms. The molecule has 2 aromatic carbocycles. The third-order valence-electron chi connectivity index (χ3n) is 3.95. The summed E-state index contributed by atoms with van der Waals surface area (Å²) in [6, 6.07) is 13.8. The fourth-order valence-corrected chi connectivity index (χ4v) is 2.87. The van der Waals surface area contributed by atoms with E-state index in [-0.39, 0.29) is 5.78 Å². The zero-order valence-corrected chi connectivity index (χ0v) is 13.7. The van der Waals surface area contributed by atoms with Crippen molar-refractivity contribution in [1.29, 1.82) is 0 Å². The molecule has 4 heteroatoms. The summed E-state index contributed by atoms with van der Waals surface area (Å²) in [6.07, 6.45) is 0. The van der Waals surface area contributed by atoms with Gasteiger partial charge in [0.05, 0.1) is 23.4 Å². The van der Waals surface area contributed by atoms with Crippen LogP contribution in [0.25, 0.3) is 0 Å². The van der Waals surface area contributed by atoms with Gasteiger partial charge in [-0.1, -0.05) is 18.2 Å².